The molecule has 2 N–H and O–H groups in total. The molecule has 61 heavy (non-hydrogen) atoms. The predicted molar refractivity (Wildman–Crippen MR) is 237 cm³/mol. The van der Waals surface area contributed by atoms with E-state index in [1.165, 1.54) is 5.56 Å². The Bertz CT molecular complexity index is 2470. The maximum atomic E-state index is 13.6. The SMILES string of the molecule is Cn1c(=O)n(C2CCC(=O)NC2=O)c2ccc(C3CCN(CC4CCN(CC(=O)N5CCC[C@H](Nc6ncc(Cl)c(-c7cccc(-c8ccccc8)c7)n6)C5)CC4)CC3)cc21. The molecule has 4 saturated heterocycles. The summed E-state index contributed by atoms with van der Waals surface area (Å²) in [4.78, 5) is 67.5. The minimum atomic E-state index is -0.677. The van der Waals surface area contributed by atoms with Crippen LogP contribution in [0.3, 0.4) is 0 Å². The Morgan fingerprint density at radius 3 is 2.36 bits per heavy atom. The number of fused-ring (bicyclic) bond motifs is 1. The molecular weight excluding hydrogens is 790 g/mol. The van der Waals surface area contributed by atoms with Gasteiger partial charge in [-0.05, 0) is 118 Å². The highest BCUT2D eigenvalue weighted by Gasteiger charge is 2.33. The predicted octanol–water partition coefficient (Wildman–Crippen LogP) is 6.09. The molecule has 9 rings (SSSR count). The second-order valence-corrected chi connectivity index (χ2v) is 17.8. The van der Waals surface area contributed by atoms with Crippen molar-refractivity contribution in [3.05, 3.63) is 100 Å². The van der Waals surface area contributed by atoms with Gasteiger partial charge >= 0.3 is 5.69 Å². The molecule has 13 nitrogen and oxygen atoms in total. The lowest BCUT2D eigenvalue weighted by molar-refractivity contribution is -0.136. The summed E-state index contributed by atoms with van der Waals surface area (Å²) in [7, 11) is 1.75. The second-order valence-electron chi connectivity index (χ2n) is 17.4. The smallest absolute Gasteiger partial charge is 0.329 e. The van der Waals surface area contributed by atoms with Gasteiger partial charge in [0.1, 0.15) is 6.04 Å². The number of aryl methyl sites for hydroxylation is 1. The summed E-state index contributed by atoms with van der Waals surface area (Å²) in [5, 5.41) is 6.39. The lowest BCUT2D eigenvalue weighted by Crippen LogP contribution is -2.50. The molecule has 4 fully saturated rings. The third-order valence-electron chi connectivity index (χ3n) is 13.4. The number of nitrogens with one attached hydrogen (secondary N) is 2. The Balaban J connectivity index is 0.730. The van der Waals surface area contributed by atoms with Crippen molar-refractivity contribution < 1.29 is 14.4 Å². The summed E-state index contributed by atoms with van der Waals surface area (Å²) >= 11 is 6.62. The molecule has 4 aliphatic rings. The fourth-order valence-electron chi connectivity index (χ4n) is 9.92. The first kappa shape index (κ1) is 41.0. The Morgan fingerprint density at radius 2 is 1.57 bits per heavy atom. The minimum absolute atomic E-state index is 0.0563. The molecule has 1 unspecified atom stereocenters. The van der Waals surface area contributed by atoms with Crippen LogP contribution in [0.2, 0.25) is 5.02 Å². The highest BCUT2D eigenvalue weighted by atomic mass is 35.5. The molecule has 0 radical (unpaired) electrons. The van der Waals surface area contributed by atoms with Crippen molar-refractivity contribution >= 4 is 46.3 Å². The first-order valence-electron chi connectivity index (χ1n) is 21.9. The number of carbonyl (C=O) groups excluding carboxylic acids is 3. The van der Waals surface area contributed by atoms with E-state index in [-0.39, 0.29) is 30.0 Å². The van der Waals surface area contributed by atoms with Crippen LogP contribution in [0.5, 0.6) is 0 Å². The summed E-state index contributed by atoms with van der Waals surface area (Å²) in [6.45, 7) is 6.87. The van der Waals surface area contributed by atoms with Crippen LogP contribution in [0.1, 0.15) is 68.9 Å². The van der Waals surface area contributed by atoms with Crippen LogP contribution in [0.25, 0.3) is 33.4 Å². The van der Waals surface area contributed by atoms with Gasteiger partial charge in [-0.2, -0.15) is 0 Å². The third kappa shape index (κ3) is 9.01. The number of halogens is 1. The molecule has 5 aromatic rings. The van der Waals surface area contributed by atoms with Crippen molar-refractivity contribution in [1.82, 2.24) is 39.1 Å². The molecule has 2 aromatic heterocycles. The summed E-state index contributed by atoms with van der Waals surface area (Å²) < 4.78 is 3.17. The zero-order valence-corrected chi connectivity index (χ0v) is 35.5. The normalized spacial score (nSPS) is 21.2. The fraction of sp³-hybridized carbons (Fsp3) is 0.447. The largest absolute Gasteiger partial charge is 0.350 e. The standard InChI is InChI=1S/C47H54ClN9O4/c1-53-41-26-35(12-13-39(41)57(47(53)61)40-14-15-42(58)51-45(40)60)33-18-23-54(24-19-33)28-31-16-21-55(22-17-31)30-43(59)56-20-6-11-37(29-56)50-46-49-27-38(48)44(52-46)36-10-5-9-34(25-36)32-7-3-2-4-8-32/h2-5,7-10,12-13,25-27,31,33,37,40H,6,11,14-24,28-30H2,1H3,(H,49,50,52)(H,51,58,60)/t37-,40?/m0/s1. The Labute approximate surface area is 361 Å². The summed E-state index contributed by atoms with van der Waals surface area (Å²) in [6, 6.07) is 24.0. The molecule has 0 saturated carbocycles. The van der Waals surface area contributed by atoms with Gasteiger partial charge in [0.2, 0.25) is 23.7 Å². The monoisotopic (exact) mass is 843 g/mol. The van der Waals surface area contributed by atoms with Gasteiger partial charge in [-0.3, -0.25) is 33.7 Å². The molecule has 0 spiro atoms. The van der Waals surface area contributed by atoms with E-state index in [2.05, 4.69) is 61.8 Å². The number of imidazole rings is 1. The number of hydrogen-bond acceptors (Lipinski definition) is 9. The second kappa shape index (κ2) is 17.9. The van der Waals surface area contributed by atoms with Crippen molar-refractivity contribution in [2.24, 2.45) is 13.0 Å². The van der Waals surface area contributed by atoms with Crippen LogP contribution in [-0.2, 0) is 21.4 Å². The van der Waals surface area contributed by atoms with Crippen LogP contribution < -0.4 is 16.3 Å². The number of hydrogen-bond donors (Lipinski definition) is 2. The average molecular weight is 844 g/mol. The summed E-state index contributed by atoms with van der Waals surface area (Å²) in [5.41, 5.74) is 6.37. The number of carbonyl (C=O) groups is 3. The van der Waals surface area contributed by atoms with Crippen LogP contribution in [0.4, 0.5) is 5.95 Å². The Morgan fingerprint density at radius 1 is 0.820 bits per heavy atom. The zero-order valence-electron chi connectivity index (χ0n) is 34.8. The lowest BCUT2D eigenvalue weighted by atomic mass is 9.88. The van der Waals surface area contributed by atoms with Gasteiger partial charge in [0, 0.05) is 44.7 Å². The third-order valence-corrected chi connectivity index (χ3v) is 13.6. The molecule has 6 heterocycles. The number of nitrogens with zero attached hydrogens (tertiary/aromatic N) is 7. The van der Waals surface area contributed by atoms with E-state index in [0.29, 0.717) is 48.0 Å². The minimum Gasteiger partial charge on any atom is -0.350 e. The number of anilines is 1. The molecule has 14 heteroatoms. The van der Waals surface area contributed by atoms with Crippen LogP contribution >= 0.6 is 11.6 Å². The number of imide groups is 1. The van der Waals surface area contributed by atoms with Crippen molar-refractivity contribution in [1.29, 1.82) is 0 Å². The van der Waals surface area contributed by atoms with E-state index in [9.17, 15) is 19.2 Å². The molecule has 0 aliphatic carbocycles. The molecule has 318 valence electrons. The highest BCUT2D eigenvalue weighted by Crippen LogP contribution is 2.33. The van der Waals surface area contributed by atoms with Crippen molar-refractivity contribution in [2.75, 3.05) is 57.7 Å². The van der Waals surface area contributed by atoms with E-state index in [0.717, 1.165) is 106 Å². The average Bonchev–Trinajstić information content (AvgIpc) is 3.53. The molecule has 4 aliphatic heterocycles. The van der Waals surface area contributed by atoms with Crippen LogP contribution in [-0.4, -0.2) is 110 Å². The molecular formula is C47H54ClN9O4. The van der Waals surface area contributed by atoms with Gasteiger partial charge in [0.15, 0.2) is 0 Å². The Hall–Kier alpha value is -5.37. The number of likely N-dealkylation sites (tertiary alicyclic amines) is 3. The van der Waals surface area contributed by atoms with Crippen LogP contribution in [0.15, 0.2) is 83.8 Å². The first-order chi connectivity index (χ1) is 29.7. The molecule has 3 amide bonds. The first-order valence-corrected chi connectivity index (χ1v) is 22.3. The maximum absolute atomic E-state index is 13.6. The van der Waals surface area contributed by atoms with Crippen molar-refractivity contribution in [2.45, 2.75) is 69.4 Å². The number of piperidine rings is 4. The lowest BCUT2D eigenvalue weighted by Gasteiger charge is -2.39. The van der Waals surface area contributed by atoms with E-state index in [1.807, 2.05) is 41.3 Å². The Kier molecular flexibility index (Phi) is 12.0. The van der Waals surface area contributed by atoms with Crippen molar-refractivity contribution in [3.8, 4) is 22.4 Å². The number of benzene rings is 3. The molecule has 3 aromatic carbocycles. The van der Waals surface area contributed by atoms with Gasteiger partial charge in [0.25, 0.3) is 0 Å². The molecule has 2 atom stereocenters. The summed E-state index contributed by atoms with van der Waals surface area (Å²) in [5.74, 6) is 1.03. The van der Waals surface area contributed by atoms with Gasteiger partial charge in [-0.1, -0.05) is 66.2 Å². The van der Waals surface area contributed by atoms with E-state index in [1.54, 1.807) is 22.4 Å². The molecule has 0 bridgehead atoms. The van der Waals surface area contributed by atoms with Crippen molar-refractivity contribution in [3.63, 3.8) is 0 Å². The van der Waals surface area contributed by atoms with E-state index >= 15 is 0 Å². The fourth-order valence-corrected chi connectivity index (χ4v) is 10.1. The number of aromatic nitrogens is 4. The number of amides is 3. The highest BCUT2D eigenvalue weighted by molar-refractivity contribution is 6.33. The van der Waals surface area contributed by atoms with E-state index < -0.39 is 11.9 Å². The summed E-state index contributed by atoms with van der Waals surface area (Å²) in [6.07, 6.45) is 8.37. The van der Waals surface area contributed by atoms with Gasteiger partial charge < -0.3 is 15.1 Å². The van der Waals surface area contributed by atoms with Gasteiger partial charge in [0.05, 0.1) is 34.5 Å². The van der Waals surface area contributed by atoms with Gasteiger partial charge in [-0.15, -0.1) is 0 Å². The number of rotatable bonds is 10. The van der Waals surface area contributed by atoms with Crippen LogP contribution in [0, 0.1) is 5.92 Å². The van der Waals surface area contributed by atoms with Gasteiger partial charge in [-0.25, -0.2) is 14.8 Å². The zero-order chi connectivity index (χ0) is 42.0. The topological polar surface area (TPSA) is 138 Å². The van der Waals surface area contributed by atoms with E-state index in [4.69, 9.17) is 16.6 Å². The quantitative estimate of drug-likeness (QED) is 0.160. The maximum Gasteiger partial charge on any atom is 0.329 e.